The molecule has 1 aromatic rings. The van der Waals surface area contributed by atoms with E-state index in [1.165, 1.54) is 0 Å². The van der Waals surface area contributed by atoms with Crippen molar-refractivity contribution in [3.63, 3.8) is 0 Å². The van der Waals surface area contributed by atoms with Gasteiger partial charge in [-0.15, -0.1) is 0 Å². The molecular weight excluding hydrogens is 165 g/mol. The highest BCUT2D eigenvalue weighted by Gasteiger charge is 2.08. The Labute approximate surface area is 66.0 Å². The van der Waals surface area contributed by atoms with Gasteiger partial charge in [-0.1, -0.05) is 30.3 Å². The lowest BCUT2D eigenvalue weighted by Crippen LogP contribution is -2.01. The molecule has 60 valence electrons. The van der Waals surface area contributed by atoms with E-state index in [2.05, 4.69) is 0 Å². The van der Waals surface area contributed by atoms with Crippen LogP contribution in [0.2, 0.25) is 0 Å². The predicted octanol–water partition coefficient (Wildman–Crippen LogP) is 2.65. The molecule has 0 bridgehead atoms. The van der Waals surface area contributed by atoms with E-state index in [0.717, 1.165) is 5.30 Å². The smallest absolute Gasteiger partial charge is 0.115 e. The molecule has 0 aliphatic rings. The van der Waals surface area contributed by atoms with Gasteiger partial charge in [-0.05, 0) is 13.2 Å². The van der Waals surface area contributed by atoms with Crippen molar-refractivity contribution in [1.29, 1.82) is 0 Å². The molecule has 0 heterocycles. The third kappa shape index (κ3) is 2.23. The Morgan fingerprint density at radius 1 is 1.00 bits per heavy atom. The second-order valence-electron chi connectivity index (χ2n) is 2.11. The van der Waals surface area contributed by atoms with Crippen LogP contribution in [-0.4, -0.2) is 12.8 Å². The minimum Gasteiger partial charge on any atom is -0.246 e. The van der Waals surface area contributed by atoms with Crippen molar-refractivity contribution in [1.82, 2.24) is 0 Å². The summed E-state index contributed by atoms with van der Waals surface area (Å²) in [6, 6.07) is 8.98. The SMILES string of the molecule is FCP(CF)c1ccccc1. The molecule has 0 amide bonds. The normalized spacial score (nSPS) is 10.5. The number of rotatable bonds is 3. The highest BCUT2D eigenvalue weighted by atomic mass is 31.1. The van der Waals surface area contributed by atoms with Gasteiger partial charge in [0.15, 0.2) is 0 Å². The molecule has 1 aromatic carbocycles. The zero-order valence-corrected chi connectivity index (χ0v) is 6.90. The van der Waals surface area contributed by atoms with Crippen molar-refractivity contribution in [2.45, 2.75) is 0 Å². The molecule has 0 aromatic heterocycles. The van der Waals surface area contributed by atoms with Crippen molar-refractivity contribution < 1.29 is 8.78 Å². The van der Waals surface area contributed by atoms with Gasteiger partial charge in [-0.25, -0.2) is 8.78 Å². The third-order valence-corrected chi connectivity index (χ3v) is 3.02. The number of benzene rings is 1. The summed E-state index contributed by atoms with van der Waals surface area (Å²) in [7, 11) is -1.18. The van der Waals surface area contributed by atoms with Gasteiger partial charge in [0, 0.05) is 0 Å². The summed E-state index contributed by atoms with van der Waals surface area (Å²) in [5.41, 5.74) is 0. The van der Waals surface area contributed by atoms with E-state index in [9.17, 15) is 8.78 Å². The van der Waals surface area contributed by atoms with Gasteiger partial charge in [0.25, 0.3) is 0 Å². The van der Waals surface area contributed by atoms with E-state index in [0.29, 0.717) is 0 Å². The number of hydrogen-bond donors (Lipinski definition) is 0. The minimum atomic E-state index is -1.18. The third-order valence-electron chi connectivity index (χ3n) is 1.41. The Balaban J connectivity index is 2.74. The monoisotopic (exact) mass is 174 g/mol. The molecule has 11 heavy (non-hydrogen) atoms. The Hall–Kier alpha value is -0.490. The highest BCUT2D eigenvalue weighted by Crippen LogP contribution is 2.33. The van der Waals surface area contributed by atoms with E-state index in [1.807, 2.05) is 6.07 Å². The van der Waals surface area contributed by atoms with Gasteiger partial charge in [0.2, 0.25) is 0 Å². The van der Waals surface area contributed by atoms with Crippen LogP contribution < -0.4 is 5.30 Å². The lowest BCUT2D eigenvalue weighted by molar-refractivity contribution is 0.569. The molecule has 0 aliphatic carbocycles. The topological polar surface area (TPSA) is 0 Å². The van der Waals surface area contributed by atoms with E-state index in [-0.39, 0.29) is 0 Å². The van der Waals surface area contributed by atoms with Crippen LogP contribution in [-0.2, 0) is 0 Å². The number of halogens is 2. The summed E-state index contributed by atoms with van der Waals surface area (Å²) in [4.78, 5) is 0. The van der Waals surface area contributed by atoms with Crippen molar-refractivity contribution in [2.75, 3.05) is 12.8 Å². The molecule has 0 saturated carbocycles. The fourth-order valence-electron chi connectivity index (χ4n) is 0.809. The molecule has 0 atom stereocenters. The predicted molar refractivity (Wildman–Crippen MR) is 44.9 cm³/mol. The summed E-state index contributed by atoms with van der Waals surface area (Å²) in [6.45, 7) is 0. The van der Waals surface area contributed by atoms with E-state index < -0.39 is 20.8 Å². The van der Waals surface area contributed by atoms with E-state index >= 15 is 0 Å². The largest absolute Gasteiger partial charge is 0.246 e. The van der Waals surface area contributed by atoms with Crippen LogP contribution in [0.5, 0.6) is 0 Å². The molecular formula is C8H9F2P. The van der Waals surface area contributed by atoms with E-state index in [4.69, 9.17) is 0 Å². The number of hydrogen-bond acceptors (Lipinski definition) is 0. The van der Waals surface area contributed by atoms with Crippen LogP contribution in [0.3, 0.4) is 0 Å². The summed E-state index contributed by atoms with van der Waals surface area (Å²) in [5, 5.41) is 0.799. The van der Waals surface area contributed by atoms with Crippen molar-refractivity contribution in [3.8, 4) is 0 Å². The van der Waals surface area contributed by atoms with Gasteiger partial charge in [-0.3, -0.25) is 0 Å². The second-order valence-corrected chi connectivity index (χ2v) is 4.19. The van der Waals surface area contributed by atoms with Gasteiger partial charge in [-0.2, -0.15) is 0 Å². The molecule has 0 fully saturated rings. The van der Waals surface area contributed by atoms with Crippen LogP contribution in [0.15, 0.2) is 30.3 Å². The lowest BCUT2D eigenvalue weighted by Gasteiger charge is -2.07. The maximum Gasteiger partial charge on any atom is 0.115 e. The quantitative estimate of drug-likeness (QED) is 0.618. The fraction of sp³-hybridized carbons (Fsp3) is 0.250. The summed E-state index contributed by atoms with van der Waals surface area (Å²) in [6.07, 6.45) is -1.12. The van der Waals surface area contributed by atoms with Crippen LogP contribution in [0.1, 0.15) is 0 Å². The zero-order valence-electron chi connectivity index (χ0n) is 6.00. The molecule has 0 spiro atoms. The van der Waals surface area contributed by atoms with E-state index in [1.54, 1.807) is 24.3 Å². The minimum absolute atomic E-state index is 0.560. The van der Waals surface area contributed by atoms with Gasteiger partial charge >= 0.3 is 0 Å². The van der Waals surface area contributed by atoms with Gasteiger partial charge in [0.1, 0.15) is 12.8 Å². The van der Waals surface area contributed by atoms with Crippen LogP contribution >= 0.6 is 7.92 Å². The molecule has 0 aliphatic heterocycles. The average molecular weight is 174 g/mol. The van der Waals surface area contributed by atoms with Crippen LogP contribution in [0.25, 0.3) is 0 Å². The average Bonchev–Trinajstić information content (AvgIpc) is 2.09. The van der Waals surface area contributed by atoms with Crippen LogP contribution in [0.4, 0.5) is 8.78 Å². The summed E-state index contributed by atoms with van der Waals surface area (Å²) in [5.74, 6) is 0. The Morgan fingerprint density at radius 2 is 1.55 bits per heavy atom. The lowest BCUT2D eigenvalue weighted by atomic mass is 10.4. The second kappa shape index (κ2) is 4.40. The maximum absolute atomic E-state index is 12.1. The fourth-order valence-corrected chi connectivity index (χ4v) is 1.74. The molecule has 1 rings (SSSR count). The molecule has 0 N–H and O–H groups in total. The first-order valence-corrected chi connectivity index (χ1v) is 5.01. The zero-order chi connectivity index (χ0) is 8.10. The van der Waals surface area contributed by atoms with Crippen molar-refractivity contribution in [3.05, 3.63) is 30.3 Å². The van der Waals surface area contributed by atoms with Crippen LogP contribution in [0, 0.1) is 0 Å². The first kappa shape index (κ1) is 8.61. The summed E-state index contributed by atoms with van der Waals surface area (Å²) >= 11 is 0. The van der Waals surface area contributed by atoms with Crippen molar-refractivity contribution in [2.24, 2.45) is 0 Å². The van der Waals surface area contributed by atoms with Gasteiger partial charge < -0.3 is 0 Å². The maximum atomic E-state index is 12.1. The standard InChI is InChI=1S/C8H9F2P/c9-6-11(7-10)8-4-2-1-3-5-8/h1-5H,6-7H2. The van der Waals surface area contributed by atoms with Gasteiger partial charge in [0.05, 0.1) is 0 Å². The molecule has 0 unspecified atom stereocenters. The Kier molecular flexibility index (Phi) is 3.44. The Bertz CT molecular complexity index is 197. The first-order chi connectivity index (χ1) is 5.38. The van der Waals surface area contributed by atoms with Crippen molar-refractivity contribution >= 4 is 13.2 Å². The summed E-state index contributed by atoms with van der Waals surface area (Å²) < 4.78 is 24.3. The molecule has 0 radical (unpaired) electrons. The highest BCUT2D eigenvalue weighted by molar-refractivity contribution is 7.65. The molecule has 3 heteroatoms. The molecule has 0 nitrogen and oxygen atoms in total. The number of alkyl halides is 2. The Morgan fingerprint density at radius 3 is 2.00 bits per heavy atom. The molecule has 0 saturated heterocycles. The first-order valence-electron chi connectivity index (χ1n) is 3.30.